The van der Waals surface area contributed by atoms with Crippen molar-refractivity contribution in [3.63, 3.8) is 0 Å². The number of carbonyl (C=O) groups is 1. The van der Waals surface area contributed by atoms with Crippen molar-refractivity contribution in [2.45, 2.75) is 12.8 Å². The fourth-order valence-corrected chi connectivity index (χ4v) is 2.01. The van der Waals surface area contributed by atoms with Crippen molar-refractivity contribution in [2.24, 2.45) is 16.5 Å². The third kappa shape index (κ3) is 6.32. The van der Waals surface area contributed by atoms with E-state index in [1.165, 1.54) is 18.1 Å². The number of anilines is 1. The topological polar surface area (TPSA) is 123 Å². The van der Waals surface area contributed by atoms with Crippen LogP contribution in [0.25, 0.3) is 0 Å². The van der Waals surface area contributed by atoms with Crippen LogP contribution >= 0.6 is 11.8 Å². The third-order valence-corrected chi connectivity index (χ3v) is 3.14. The van der Waals surface area contributed by atoms with Gasteiger partial charge in [0.2, 0.25) is 5.95 Å². The molecule has 0 aliphatic heterocycles. The van der Waals surface area contributed by atoms with Crippen LogP contribution in [0.3, 0.4) is 0 Å². The van der Waals surface area contributed by atoms with E-state index in [0.29, 0.717) is 36.9 Å². The smallest absolute Gasteiger partial charge is 0.228 e. The molecule has 4 N–H and O–H groups in total. The zero-order valence-electron chi connectivity index (χ0n) is 11.6. The maximum absolute atomic E-state index is 11.5. The van der Waals surface area contributed by atoms with Crippen molar-refractivity contribution >= 4 is 28.8 Å². The number of hydrogen-bond acceptors (Lipinski definition) is 7. The Labute approximate surface area is 122 Å². The van der Waals surface area contributed by atoms with Crippen molar-refractivity contribution in [3.8, 4) is 0 Å². The molecular weight excluding hydrogens is 278 g/mol. The van der Waals surface area contributed by atoms with Crippen molar-refractivity contribution in [2.75, 3.05) is 31.3 Å². The summed E-state index contributed by atoms with van der Waals surface area (Å²) in [4.78, 5) is 29.5. The van der Waals surface area contributed by atoms with Crippen LogP contribution in [-0.4, -0.2) is 52.4 Å². The van der Waals surface area contributed by atoms with E-state index in [2.05, 4.69) is 19.9 Å². The van der Waals surface area contributed by atoms with Crippen molar-refractivity contribution in [1.29, 1.82) is 0 Å². The number of aryl methyl sites for hydroxylation is 1. The van der Waals surface area contributed by atoms with Gasteiger partial charge in [0.15, 0.2) is 11.1 Å². The maximum Gasteiger partial charge on any atom is 0.228 e. The van der Waals surface area contributed by atoms with E-state index in [1.807, 2.05) is 14.1 Å². The highest BCUT2D eigenvalue weighted by Crippen LogP contribution is 2.09. The van der Waals surface area contributed by atoms with Crippen LogP contribution in [0, 0.1) is 0 Å². The maximum atomic E-state index is 11.5. The van der Waals surface area contributed by atoms with Gasteiger partial charge in [-0.25, -0.2) is 9.97 Å². The Morgan fingerprint density at radius 2 is 2.15 bits per heavy atom. The van der Waals surface area contributed by atoms with E-state index in [9.17, 15) is 4.79 Å². The van der Waals surface area contributed by atoms with Gasteiger partial charge in [-0.2, -0.15) is 4.98 Å². The van der Waals surface area contributed by atoms with Crippen molar-refractivity contribution in [3.05, 3.63) is 12.2 Å². The van der Waals surface area contributed by atoms with Gasteiger partial charge in [0.1, 0.15) is 12.2 Å². The average molecular weight is 297 g/mol. The summed E-state index contributed by atoms with van der Waals surface area (Å²) in [6, 6.07) is 0. The Bertz CT molecular complexity index is 474. The molecular formula is C11H19N7OS. The molecule has 0 aliphatic carbocycles. The summed E-state index contributed by atoms with van der Waals surface area (Å²) in [5, 5.41) is 0.0527. The number of guanidine groups is 1. The highest BCUT2D eigenvalue weighted by atomic mass is 32.2. The third-order valence-electron chi connectivity index (χ3n) is 2.21. The quantitative estimate of drug-likeness (QED) is 0.505. The van der Waals surface area contributed by atoms with Gasteiger partial charge in [0.25, 0.3) is 0 Å². The van der Waals surface area contributed by atoms with Crippen LogP contribution in [0.5, 0.6) is 0 Å². The highest BCUT2D eigenvalue weighted by molar-refractivity contribution is 8.13. The zero-order chi connectivity index (χ0) is 15.0. The van der Waals surface area contributed by atoms with Gasteiger partial charge in [-0.15, -0.1) is 0 Å². The van der Waals surface area contributed by atoms with Crippen LogP contribution in [0.15, 0.2) is 11.3 Å². The summed E-state index contributed by atoms with van der Waals surface area (Å²) in [5.74, 6) is 1.91. The van der Waals surface area contributed by atoms with Crippen LogP contribution < -0.4 is 16.4 Å². The van der Waals surface area contributed by atoms with Gasteiger partial charge in [-0.3, -0.25) is 9.79 Å². The molecule has 1 aromatic heterocycles. The molecule has 20 heavy (non-hydrogen) atoms. The monoisotopic (exact) mass is 297 g/mol. The van der Waals surface area contributed by atoms with Crippen molar-refractivity contribution in [1.82, 2.24) is 15.0 Å². The van der Waals surface area contributed by atoms with Gasteiger partial charge in [0.05, 0.1) is 6.54 Å². The first-order valence-electron chi connectivity index (χ1n) is 6.05. The first-order chi connectivity index (χ1) is 9.49. The number of thioether (sulfide) groups is 1. The van der Waals surface area contributed by atoms with E-state index >= 15 is 0 Å². The second-order valence-corrected chi connectivity index (χ2v) is 5.28. The molecule has 9 heteroatoms. The molecule has 1 heterocycles. The molecule has 0 saturated heterocycles. The highest BCUT2D eigenvalue weighted by Gasteiger charge is 2.06. The minimum Gasteiger partial charge on any atom is -0.370 e. The second-order valence-electron chi connectivity index (χ2n) is 4.12. The van der Waals surface area contributed by atoms with Crippen LogP contribution in [0.2, 0.25) is 0 Å². The van der Waals surface area contributed by atoms with Crippen LogP contribution in [-0.2, 0) is 11.2 Å². The first-order valence-corrected chi connectivity index (χ1v) is 7.04. The average Bonchev–Trinajstić information content (AvgIpc) is 2.38. The minimum atomic E-state index is 0.00389. The molecule has 0 radical (unpaired) electrons. The predicted octanol–water partition coefficient (Wildman–Crippen LogP) is -0.597. The van der Waals surface area contributed by atoms with Gasteiger partial charge in [-0.1, -0.05) is 11.8 Å². The van der Waals surface area contributed by atoms with E-state index < -0.39 is 0 Å². The summed E-state index contributed by atoms with van der Waals surface area (Å²) >= 11 is 1.23. The number of rotatable bonds is 7. The Kier molecular flexibility index (Phi) is 6.71. The molecule has 0 saturated carbocycles. The Hall–Kier alpha value is -1.90. The Balaban J connectivity index is 2.32. The zero-order valence-corrected chi connectivity index (χ0v) is 12.4. The lowest BCUT2D eigenvalue weighted by Crippen LogP contribution is -2.23. The van der Waals surface area contributed by atoms with Gasteiger partial charge in [0, 0.05) is 32.7 Å². The molecule has 0 atom stereocenters. The molecule has 1 aromatic rings. The molecule has 8 nitrogen and oxygen atoms in total. The normalized spacial score (nSPS) is 10.1. The Morgan fingerprint density at radius 1 is 1.40 bits per heavy atom. The van der Waals surface area contributed by atoms with E-state index in [4.69, 9.17) is 11.5 Å². The lowest BCUT2D eigenvalue weighted by atomic mass is 10.4. The second kappa shape index (κ2) is 8.31. The number of aromatic nitrogens is 3. The molecule has 110 valence electrons. The number of nitrogens with zero attached hydrogens (tertiary/aromatic N) is 5. The SMILES string of the molecule is CN(C)c1ncnc(CCSC(=O)CCN=C(N)N)n1. The van der Waals surface area contributed by atoms with E-state index in [0.717, 1.165) is 0 Å². The van der Waals surface area contributed by atoms with Crippen LogP contribution in [0.1, 0.15) is 12.2 Å². The summed E-state index contributed by atoms with van der Waals surface area (Å²) in [6.07, 6.45) is 2.41. The van der Waals surface area contributed by atoms with Crippen molar-refractivity contribution < 1.29 is 4.79 Å². The number of carbonyl (C=O) groups excluding carboxylic acids is 1. The van der Waals surface area contributed by atoms with Gasteiger partial charge in [-0.05, 0) is 0 Å². The number of hydrogen-bond donors (Lipinski definition) is 2. The van der Waals surface area contributed by atoms with Gasteiger partial charge >= 0.3 is 0 Å². The Morgan fingerprint density at radius 3 is 2.80 bits per heavy atom. The lowest BCUT2D eigenvalue weighted by molar-refractivity contribution is -0.110. The predicted molar refractivity (Wildman–Crippen MR) is 80.6 cm³/mol. The summed E-state index contributed by atoms with van der Waals surface area (Å²) in [7, 11) is 3.72. The molecule has 0 unspecified atom stereocenters. The number of aliphatic imine (C=N–C) groups is 1. The van der Waals surface area contributed by atoms with E-state index in [1.54, 1.807) is 4.90 Å². The first kappa shape index (κ1) is 16.2. The van der Waals surface area contributed by atoms with Gasteiger partial charge < -0.3 is 16.4 Å². The number of nitrogens with two attached hydrogens (primary N) is 2. The summed E-state index contributed by atoms with van der Waals surface area (Å²) in [6.45, 7) is 0.324. The summed E-state index contributed by atoms with van der Waals surface area (Å²) in [5.41, 5.74) is 10.4. The van der Waals surface area contributed by atoms with E-state index in [-0.39, 0.29) is 11.1 Å². The fourth-order valence-electron chi connectivity index (χ4n) is 1.26. The summed E-state index contributed by atoms with van der Waals surface area (Å²) < 4.78 is 0. The lowest BCUT2D eigenvalue weighted by Gasteiger charge is -2.09. The minimum absolute atomic E-state index is 0.00389. The van der Waals surface area contributed by atoms with Crippen LogP contribution in [0.4, 0.5) is 5.95 Å². The molecule has 1 rings (SSSR count). The fraction of sp³-hybridized carbons (Fsp3) is 0.545. The molecule has 0 amide bonds. The standard InChI is InChI=1S/C11H19N7OS/c1-18(2)11-16-7-15-8(17-11)4-6-20-9(19)3-5-14-10(12)13/h7H,3-6H2,1-2H3,(H4,12,13,14). The molecule has 0 spiro atoms. The largest absolute Gasteiger partial charge is 0.370 e. The molecule has 0 fully saturated rings. The molecule has 0 aliphatic rings. The molecule has 0 aromatic carbocycles. The molecule has 0 bridgehead atoms.